The van der Waals surface area contributed by atoms with Gasteiger partial charge in [-0.05, 0) is 17.5 Å². The first-order valence-corrected chi connectivity index (χ1v) is 6.53. The molecule has 1 rings (SSSR count). The maximum Gasteiger partial charge on any atom is 0.257 e. The number of benzene rings is 1. The van der Waals surface area contributed by atoms with Gasteiger partial charge >= 0.3 is 0 Å². The van der Waals surface area contributed by atoms with Gasteiger partial charge in [-0.1, -0.05) is 26.8 Å². The van der Waals surface area contributed by atoms with Crippen LogP contribution in [0.4, 0.5) is 5.69 Å². The molecular formula is C15H22N2O3. The lowest BCUT2D eigenvalue weighted by atomic mass is 9.92. The fourth-order valence-corrected chi connectivity index (χ4v) is 1.57. The third-order valence-electron chi connectivity index (χ3n) is 2.46. The molecule has 0 heterocycles. The number of ether oxygens (including phenoxy) is 1. The van der Waals surface area contributed by atoms with E-state index in [0.29, 0.717) is 17.9 Å². The van der Waals surface area contributed by atoms with Crippen molar-refractivity contribution in [1.82, 2.24) is 5.32 Å². The number of amides is 2. The molecule has 0 atom stereocenters. The summed E-state index contributed by atoms with van der Waals surface area (Å²) in [7, 11) is 1.55. The fraction of sp³-hybridized carbons (Fsp3) is 0.467. The van der Waals surface area contributed by atoms with Crippen LogP contribution in [0.5, 0.6) is 5.75 Å². The van der Waals surface area contributed by atoms with E-state index < -0.39 is 0 Å². The number of nitrogens with one attached hydrogen (secondary N) is 2. The third kappa shape index (κ3) is 6.22. The predicted molar refractivity (Wildman–Crippen MR) is 78.7 cm³/mol. The summed E-state index contributed by atoms with van der Waals surface area (Å²) in [5.41, 5.74) is 0.603. The van der Waals surface area contributed by atoms with Gasteiger partial charge in [0.1, 0.15) is 5.75 Å². The maximum atomic E-state index is 11.8. The molecule has 110 valence electrons. The van der Waals surface area contributed by atoms with Crippen LogP contribution in [0, 0.1) is 5.41 Å². The molecule has 0 radical (unpaired) electrons. The van der Waals surface area contributed by atoms with E-state index in [1.165, 1.54) is 0 Å². The largest absolute Gasteiger partial charge is 0.484 e. The second-order valence-electron chi connectivity index (χ2n) is 5.78. The zero-order valence-corrected chi connectivity index (χ0v) is 12.4. The van der Waals surface area contributed by atoms with Crippen molar-refractivity contribution < 1.29 is 14.3 Å². The van der Waals surface area contributed by atoms with Crippen molar-refractivity contribution in [1.29, 1.82) is 0 Å². The Hall–Kier alpha value is -2.04. The lowest BCUT2D eigenvalue weighted by molar-refractivity contribution is -0.122. The van der Waals surface area contributed by atoms with Gasteiger partial charge in [0.15, 0.2) is 6.61 Å². The number of carbonyl (C=O) groups excluding carboxylic acids is 2. The number of hydrogen-bond acceptors (Lipinski definition) is 3. The second kappa shape index (κ2) is 6.93. The van der Waals surface area contributed by atoms with Gasteiger partial charge < -0.3 is 15.4 Å². The van der Waals surface area contributed by atoms with Crippen molar-refractivity contribution in [2.45, 2.75) is 27.2 Å². The summed E-state index contributed by atoms with van der Waals surface area (Å²) in [5.74, 6) is 0.301. The Morgan fingerprint density at radius 1 is 1.20 bits per heavy atom. The smallest absolute Gasteiger partial charge is 0.257 e. The third-order valence-corrected chi connectivity index (χ3v) is 2.46. The van der Waals surface area contributed by atoms with Crippen LogP contribution in [-0.2, 0) is 9.59 Å². The lowest BCUT2D eigenvalue weighted by Gasteiger charge is -2.17. The van der Waals surface area contributed by atoms with Crippen LogP contribution in [0.1, 0.15) is 27.2 Å². The van der Waals surface area contributed by atoms with E-state index in [4.69, 9.17) is 4.74 Å². The first-order chi connectivity index (χ1) is 9.30. The Morgan fingerprint density at radius 2 is 1.90 bits per heavy atom. The molecule has 0 aliphatic rings. The zero-order chi connectivity index (χ0) is 15.2. The maximum absolute atomic E-state index is 11.8. The van der Waals surface area contributed by atoms with E-state index in [0.717, 1.165) is 0 Å². The van der Waals surface area contributed by atoms with E-state index in [1.807, 2.05) is 20.8 Å². The average molecular weight is 278 g/mol. The van der Waals surface area contributed by atoms with Crippen LogP contribution in [0.15, 0.2) is 24.3 Å². The Labute approximate surface area is 119 Å². The number of carbonyl (C=O) groups is 2. The Bertz CT molecular complexity index is 478. The molecule has 0 spiro atoms. The molecule has 0 saturated heterocycles. The van der Waals surface area contributed by atoms with E-state index in [1.54, 1.807) is 31.3 Å². The summed E-state index contributed by atoms with van der Waals surface area (Å²) < 4.78 is 5.32. The molecular weight excluding hydrogens is 256 g/mol. The van der Waals surface area contributed by atoms with Crippen molar-refractivity contribution >= 4 is 17.5 Å². The standard InChI is InChI=1S/C15H22N2O3/c1-15(2,3)9-13(18)17-11-6-5-7-12(8-11)20-10-14(19)16-4/h5-8H,9-10H2,1-4H3,(H,16,19)(H,17,18). The van der Waals surface area contributed by atoms with Gasteiger partial charge in [0.25, 0.3) is 5.91 Å². The van der Waals surface area contributed by atoms with E-state index in [-0.39, 0.29) is 23.8 Å². The summed E-state index contributed by atoms with van der Waals surface area (Å²) in [6.07, 6.45) is 0.441. The number of hydrogen-bond donors (Lipinski definition) is 2. The monoisotopic (exact) mass is 278 g/mol. The first kappa shape index (κ1) is 16.0. The summed E-state index contributed by atoms with van der Waals surface area (Å²) in [5, 5.41) is 5.30. The molecule has 0 aromatic heterocycles. The highest BCUT2D eigenvalue weighted by molar-refractivity contribution is 5.91. The van der Waals surface area contributed by atoms with Crippen LogP contribution in [0.3, 0.4) is 0 Å². The number of anilines is 1. The molecule has 0 aliphatic carbocycles. The normalized spacial score (nSPS) is 10.8. The molecule has 0 bridgehead atoms. The molecule has 5 heteroatoms. The number of rotatable bonds is 5. The Kier molecular flexibility index (Phi) is 5.55. The van der Waals surface area contributed by atoms with E-state index in [2.05, 4.69) is 10.6 Å². The van der Waals surface area contributed by atoms with Crippen LogP contribution >= 0.6 is 0 Å². The molecule has 0 fully saturated rings. The summed E-state index contributed by atoms with van der Waals surface area (Å²) in [6.45, 7) is 5.98. The molecule has 2 amide bonds. The van der Waals surface area contributed by atoms with Crippen LogP contribution in [0.2, 0.25) is 0 Å². The van der Waals surface area contributed by atoms with Gasteiger partial charge in [0.2, 0.25) is 5.91 Å². The van der Waals surface area contributed by atoms with Gasteiger partial charge in [0, 0.05) is 25.2 Å². The molecule has 0 saturated carbocycles. The Balaban J connectivity index is 2.59. The molecule has 1 aromatic carbocycles. The Morgan fingerprint density at radius 3 is 2.50 bits per heavy atom. The lowest BCUT2D eigenvalue weighted by Crippen LogP contribution is -2.24. The molecule has 5 nitrogen and oxygen atoms in total. The number of likely N-dealkylation sites (N-methyl/N-ethyl adjacent to an activating group) is 1. The van der Waals surface area contributed by atoms with Gasteiger partial charge in [-0.15, -0.1) is 0 Å². The minimum absolute atomic E-state index is 0.0408. The van der Waals surface area contributed by atoms with E-state index >= 15 is 0 Å². The van der Waals surface area contributed by atoms with Crippen LogP contribution in [0.25, 0.3) is 0 Å². The summed E-state index contributed by atoms with van der Waals surface area (Å²) in [6, 6.07) is 6.99. The van der Waals surface area contributed by atoms with Crippen molar-refractivity contribution in [3.8, 4) is 5.75 Å². The molecule has 1 aromatic rings. The summed E-state index contributed by atoms with van der Waals surface area (Å²) in [4.78, 5) is 22.9. The van der Waals surface area contributed by atoms with Gasteiger partial charge in [-0.3, -0.25) is 9.59 Å². The van der Waals surface area contributed by atoms with Gasteiger partial charge in [0.05, 0.1) is 0 Å². The molecule has 2 N–H and O–H groups in total. The predicted octanol–water partition coefficient (Wildman–Crippen LogP) is 2.19. The average Bonchev–Trinajstić information content (AvgIpc) is 2.34. The van der Waals surface area contributed by atoms with Crippen LogP contribution < -0.4 is 15.4 Å². The molecule has 20 heavy (non-hydrogen) atoms. The van der Waals surface area contributed by atoms with Gasteiger partial charge in [-0.25, -0.2) is 0 Å². The van der Waals surface area contributed by atoms with Crippen molar-refractivity contribution in [2.75, 3.05) is 19.0 Å². The SMILES string of the molecule is CNC(=O)COc1cccc(NC(=O)CC(C)(C)C)c1. The second-order valence-corrected chi connectivity index (χ2v) is 5.78. The highest BCUT2D eigenvalue weighted by atomic mass is 16.5. The topological polar surface area (TPSA) is 67.4 Å². The first-order valence-electron chi connectivity index (χ1n) is 6.53. The van der Waals surface area contributed by atoms with Crippen molar-refractivity contribution in [2.24, 2.45) is 5.41 Å². The minimum Gasteiger partial charge on any atom is -0.484 e. The zero-order valence-electron chi connectivity index (χ0n) is 12.4. The quantitative estimate of drug-likeness (QED) is 0.867. The minimum atomic E-state index is -0.202. The highest BCUT2D eigenvalue weighted by Gasteiger charge is 2.16. The van der Waals surface area contributed by atoms with Crippen molar-refractivity contribution in [3.05, 3.63) is 24.3 Å². The highest BCUT2D eigenvalue weighted by Crippen LogP contribution is 2.21. The molecule has 0 aliphatic heterocycles. The fourth-order valence-electron chi connectivity index (χ4n) is 1.57. The molecule has 0 unspecified atom stereocenters. The van der Waals surface area contributed by atoms with Crippen LogP contribution in [-0.4, -0.2) is 25.5 Å². The van der Waals surface area contributed by atoms with Crippen molar-refractivity contribution in [3.63, 3.8) is 0 Å². The summed E-state index contributed by atoms with van der Waals surface area (Å²) >= 11 is 0. The van der Waals surface area contributed by atoms with E-state index in [9.17, 15) is 9.59 Å². The van der Waals surface area contributed by atoms with Gasteiger partial charge in [-0.2, -0.15) is 0 Å².